The molecule has 30 heavy (non-hydrogen) atoms. The van der Waals surface area contributed by atoms with E-state index in [1.54, 1.807) is 0 Å². The first-order valence-electron chi connectivity index (χ1n) is 8.93. The molecule has 0 aliphatic rings. The van der Waals surface area contributed by atoms with Gasteiger partial charge in [0.1, 0.15) is 11.4 Å². The van der Waals surface area contributed by atoms with E-state index in [9.17, 15) is 0 Å². The van der Waals surface area contributed by atoms with Crippen LogP contribution in [0.15, 0.2) is 66.7 Å². The van der Waals surface area contributed by atoms with Gasteiger partial charge in [-0.3, -0.25) is 0 Å². The fraction of sp³-hybridized carbons (Fsp3) is 0.0952. The molecule has 0 bridgehead atoms. The van der Waals surface area contributed by atoms with Crippen LogP contribution in [0.3, 0.4) is 0 Å². The predicted molar refractivity (Wildman–Crippen MR) is 121 cm³/mol. The fourth-order valence-corrected chi connectivity index (χ4v) is 3.43. The molecular weight excluding hydrogens is 530 g/mol. The number of aryl methyl sites for hydroxylation is 2. The summed E-state index contributed by atoms with van der Waals surface area (Å²) in [6, 6.07) is 22.2. The van der Waals surface area contributed by atoms with Crippen molar-refractivity contribution in [2.75, 3.05) is 0 Å². The van der Waals surface area contributed by atoms with E-state index in [-0.39, 0.29) is 0 Å². The van der Waals surface area contributed by atoms with Crippen molar-refractivity contribution < 1.29 is 13.0 Å². The Labute approximate surface area is 191 Å². The number of pyridine rings is 1. The molecule has 0 amide bonds. The van der Waals surface area contributed by atoms with E-state index in [0.29, 0.717) is 0 Å². The van der Waals surface area contributed by atoms with Crippen LogP contribution in [0.4, 0.5) is 0 Å². The zero-order valence-electron chi connectivity index (χ0n) is 16.1. The molecule has 5 nitrogen and oxygen atoms in total. The normalized spacial score (nSPS) is 11.4. The molecule has 0 atom stereocenters. The Kier molecular flexibility index (Phi) is 6.40. The molecule has 2 aromatic carbocycles. The van der Waals surface area contributed by atoms with Gasteiger partial charge in [0.25, 0.3) is 0 Å². The van der Waals surface area contributed by atoms with Gasteiger partial charge < -0.3 is 9.13 Å². The molecule has 3 aromatic heterocycles. The van der Waals surface area contributed by atoms with Crippen molar-refractivity contribution in [3.05, 3.63) is 66.7 Å². The van der Waals surface area contributed by atoms with Crippen LogP contribution in [0, 0.1) is 0 Å². The number of rotatable bonds is 2. The molecular formula is C21H17Cl3N5Ru. The second-order valence-electron chi connectivity index (χ2n) is 6.53. The van der Waals surface area contributed by atoms with Gasteiger partial charge >= 0.3 is 42.1 Å². The number of fused-ring (bicyclic) bond motifs is 2. The summed E-state index contributed by atoms with van der Waals surface area (Å²) in [5.74, 6) is 1.71. The minimum atomic E-state index is -1.75. The number of para-hydroxylation sites is 4. The summed E-state index contributed by atoms with van der Waals surface area (Å²) >= 11 is -1.75. The molecule has 0 unspecified atom stereocenters. The molecule has 9 heteroatoms. The van der Waals surface area contributed by atoms with Crippen LogP contribution in [0.1, 0.15) is 0 Å². The van der Waals surface area contributed by atoms with Crippen LogP contribution in [-0.2, 0) is 27.1 Å². The number of aromatic nitrogens is 5. The summed E-state index contributed by atoms with van der Waals surface area (Å²) in [5.41, 5.74) is 5.82. The van der Waals surface area contributed by atoms with Gasteiger partial charge in [-0.2, -0.15) is 0 Å². The number of imidazole rings is 2. The first-order chi connectivity index (χ1) is 14.5. The van der Waals surface area contributed by atoms with Gasteiger partial charge in [-0.1, -0.05) is 30.3 Å². The molecule has 155 valence electrons. The first-order valence-corrected chi connectivity index (χ1v) is 15.6. The van der Waals surface area contributed by atoms with E-state index in [2.05, 4.69) is 21.3 Å². The molecule has 5 aromatic rings. The Morgan fingerprint density at radius 3 is 1.40 bits per heavy atom. The number of hydrogen-bond acceptors (Lipinski definition) is 3. The van der Waals surface area contributed by atoms with Gasteiger partial charge in [-0.05, 0) is 36.4 Å². The molecule has 0 N–H and O–H groups in total. The molecule has 0 saturated carbocycles. The standard InChI is InChI=1S/C21H17N5.3ClH.Ru/c1-25-18-12-5-3-8-14(18)23-20(25)16-10-7-11-17(22-16)21-24-15-9-4-6-13-19(15)26(21)2;;;;/h3-13H,1-2H3;3*1H;/q;;;;+3/p-3. The molecule has 3 heterocycles. The van der Waals surface area contributed by atoms with Crippen molar-refractivity contribution in [2.24, 2.45) is 14.1 Å². The second-order valence-corrected chi connectivity index (χ2v) is 14.4. The Morgan fingerprint density at radius 1 is 0.600 bits per heavy atom. The van der Waals surface area contributed by atoms with Crippen LogP contribution in [-0.4, -0.2) is 24.1 Å². The Hall–Kier alpha value is -1.98. The van der Waals surface area contributed by atoms with Crippen molar-refractivity contribution in [3.8, 4) is 23.0 Å². The number of benzene rings is 2. The summed E-state index contributed by atoms with van der Waals surface area (Å²) in [5, 5.41) is 0. The summed E-state index contributed by atoms with van der Waals surface area (Å²) in [6.07, 6.45) is 0. The molecule has 0 saturated heterocycles. The molecule has 5 rings (SSSR count). The van der Waals surface area contributed by atoms with E-state index in [1.807, 2.05) is 68.7 Å². The average Bonchev–Trinajstić information content (AvgIpc) is 3.26. The molecule has 0 aliphatic heterocycles. The quantitative estimate of drug-likeness (QED) is 0.246. The van der Waals surface area contributed by atoms with Crippen LogP contribution in [0.25, 0.3) is 45.1 Å². The topological polar surface area (TPSA) is 48.5 Å². The summed E-state index contributed by atoms with van der Waals surface area (Å²) in [6.45, 7) is 0. The predicted octanol–water partition coefficient (Wildman–Crippen LogP) is 6.26. The summed E-state index contributed by atoms with van der Waals surface area (Å²) in [7, 11) is 18.9. The molecule has 0 radical (unpaired) electrons. The minimum absolute atomic E-state index is 0.841. The van der Waals surface area contributed by atoms with E-state index < -0.39 is 13.0 Å². The average molecular weight is 547 g/mol. The van der Waals surface area contributed by atoms with E-state index in [0.717, 1.165) is 45.1 Å². The maximum absolute atomic E-state index is 4.95. The van der Waals surface area contributed by atoms with Crippen molar-refractivity contribution >= 4 is 51.1 Å². The monoisotopic (exact) mass is 546 g/mol. The van der Waals surface area contributed by atoms with Crippen LogP contribution >= 0.6 is 29.1 Å². The van der Waals surface area contributed by atoms with Gasteiger partial charge in [0, 0.05) is 14.1 Å². The van der Waals surface area contributed by atoms with E-state index in [4.69, 9.17) is 44.0 Å². The van der Waals surface area contributed by atoms with Crippen LogP contribution < -0.4 is 0 Å². The zero-order chi connectivity index (χ0) is 21.3. The third-order valence-electron chi connectivity index (χ3n) is 4.78. The third-order valence-corrected chi connectivity index (χ3v) is 4.78. The van der Waals surface area contributed by atoms with Crippen molar-refractivity contribution in [1.82, 2.24) is 24.1 Å². The fourth-order valence-electron chi connectivity index (χ4n) is 3.43. The van der Waals surface area contributed by atoms with E-state index in [1.165, 1.54) is 0 Å². The van der Waals surface area contributed by atoms with Crippen molar-refractivity contribution in [1.29, 1.82) is 0 Å². The Bertz CT molecular complexity index is 1230. The zero-order valence-corrected chi connectivity index (χ0v) is 20.1. The first kappa shape index (κ1) is 21.3. The van der Waals surface area contributed by atoms with E-state index >= 15 is 0 Å². The van der Waals surface area contributed by atoms with Crippen molar-refractivity contribution in [3.63, 3.8) is 0 Å². The summed E-state index contributed by atoms with van der Waals surface area (Å²) in [4.78, 5) is 14.4. The number of hydrogen-bond donors (Lipinski definition) is 0. The Morgan fingerprint density at radius 2 is 1.00 bits per heavy atom. The number of nitrogens with zero attached hydrogens (tertiary/aromatic N) is 5. The third kappa shape index (κ3) is 4.24. The van der Waals surface area contributed by atoms with Gasteiger partial charge in [-0.25, -0.2) is 15.0 Å². The second kappa shape index (κ2) is 9.03. The van der Waals surface area contributed by atoms with Crippen LogP contribution in [0.5, 0.6) is 0 Å². The van der Waals surface area contributed by atoms with Crippen molar-refractivity contribution in [2.45, 2.75) is 0 Å². The molecule has 0 spiro atoms. The van der Waals surface area contributed by atoms with Gasteiger partial charge in [0.05, 0.1) is 22.1 Å². The van der Waals surface area contributed by atoms with Crippen LogP contribution in [0.2, 0.25) is 0 Å². The molecule has 0 fully saturated rings. The van der Waals surface area contributed by atoms with Gasteiger partial charge in [0.2, 0.25) is 0 Å². The maximum atomic E-state index is 4.95. The SMILES string of the molecule is Cn1c(-c2cccc(-c3nc4ccccc4n3C)n2)nc2ccccc21.[Cl][Ru]([Cl])[Cl]. The molecule has 0 aliphatic carbocycles. The number of halogens is 3. The summed E-state index contributed by atoms with van der Waals surface area (Å²) < 4.78 is 4.16. The van der Waals surface area contributed by atoms with Gasteiger partial charge in [-0.15, -0.1) is 0 Å². The van der Waals surface area contributed by atoms with Gasteiger partial charge in [0.15, 0.2) is 11.6 Å². The Balaban J connectivity index is 0.000000503.